The van der Waals surface area contributed by atoms with E-state index in [9.17, 15) is 9.59 Å². The fraction of sp³-hybridized carbons (Fsp3) is 0.500. The lowest BCUT2D eigenvalue weighted by Crippen LogP contribution is -2.42. The summed E-state index contributed by atoms with van der Waals surface area (Å²) in [6.07, 6.45) is 8.38. The molecule has 29 heavy (non-hydrogen) atoms. The number of H-pyrrole nitrogens is 1. The van der Waals surface area contributed by atoms with Gasteiger partial charge in [-0.3, -0.25) is 4.98 Å². The van der Waals surface area contributed by atoms with Crippen molar-refractivity contribution in [3.8, 4) is 0 Å². The van der Waals surface area contributed by atoms with Crippen LogP contribution in [0.1, 0.15) is 68.7 Å². The van der Waals surface area contributed by atoms with E-state index in [0.717, 1.165) is 18.4 Å². The van der Waals surface area contributed by atoms with Crippen LogP contribution in [0.3, 0.4) is 0 Å². The number of ether oxygens (including phenoxy) is 1. The molecule has 2 N–H and O–H groups in total. The summed E-state index contributed by atoms with van der Waals surface area (Å²) in [6, 6.07) is 8.17. The quantitative estimate of drug-likeness (QED) is 0.808. The molecular formula is C22H28N4O3. The third kappa shape index (κ3) is 4.50. The molecule has 4 rings (SSSR count). The van der Waals surface area contributed by atoms with Crippen LogP contribution in [0.5, 0.6) is 0 Å². The zero-order valence-electron chi connectivity index (χ0n) is 16.8. The molecule has 1 aromatic carbocycles. The van der Waals surface area contributed by atoms with Gasteiger partial charge in [0.1, 0.15) is 0 Å². The van der Waals surface area contributed by atoms with Gasteiger partial charge in [0.15, 0.2) is 0 Å². The van der Waals surface area contributed by atoms with Crippen molar-refractivity contribution < 1.29 is 4.74 Å². The monoisotopic (exact) mass is 396 g/mol. The maximum absolute atomic E-state index is 12.5. The molecule has 1 fully saturated rings. The van der Waals surface area contributed by atoms with Crippen molar-refractivity contribution >= 4 is 11.5 Å². The highest BCUT2D eigenvalue weighted by atomic mass is 16.5. The van der Waals surface area contributed by atoms with E-state index in [0.29, 0.717) is 26.1 Å². The number of aromatic amines is 1. The molecule has 0 unspecified atom stereocenters. The molecule has 1 atom stereocenters. The van der Waals surface area contributed by atoms with Gasteiger partial charge in [-0.15, -0.1) is 0 Å². The van der Waals surface area contributed by atoms with Gasteiger partial charge in [0.25, 0.3) is 0 Å². The van der Waals surface area contributed by atoms with Gasteiger partial charge in [0.05, 0.1) is 6.04 Å². The Kier molecular flexibility index (Phi) is 5.94. The fourth-order valence-electron chi connectivity index (χ4n) is 4.16. The van der Waals surface area contributed by atoms with Gasteiger partial charge in [0.2, 0.25) is 5.95 Å². The van der Waals surface area contributed by atoms with Crippen molar-refractivity contribution in [1.82, 2.24) is 14.5 Å². The van der Waals surface area contributed by atoms with Crippen molar-refractivity contribution in [2.24, 2.45) is 0 Å². The number of hydrogen-bond acceptors (Lipinski definition) is 5. The Morgan fingerprint density at radius 1 is 1.24 bits per heavy atom. The molecule has 0 radical (unpaired) electrons. The number of allylic oxidation sites excluding steroid dienone is 2. The van der Waals surface area contributed by atoms with E-state index < -0.39 is 11.4 Å². The zero-order chi connectivity index (χ0) is 20.2. The van der Waals surface area contributed by atoms with E-state index in [4.69, 9.17) is 4.74 Å². The number of anilines is 1. The molecule has 2 aliphatic rings. The van der Waals surface area contributed by atoms with Crippen LogP contribution in [0.2, 0.25) is 0 Å². The second-order valence-corrected chi connectivity index (χ2v) is 7.85. The molecule has 1 aliphatic heterocycles. The van der Waals surface area contributed by atoms with Gasteiger partial charge >= 0.3 is 11.4 Å². The first-order chi connectivity index (χ1) is 14.1. The van der Waals surface area contributed by atoms with Crippen LogP contribution in [0.25, 0.3) is 5.57 Å². The van der Waals surface area contributed by atoms with E-state index >= 15 is 0 Å². The molecule has 2 heterocycles. The number of benzene rings is 1. The minimum Gasteiger partial charge on any atom is -0.381 e. The minimum atomic E-state index is -0.517. The van der Waals surface area contributed by atoms with Gasteiger partial charge in [-0.05, 0) is 68.2 Å². The van der Waals surface area contributed by atoms with Gasteiger partial charge in [-0.1, -0.05) is 24.3 Å². The smallest absolute Gasteiger partial charge is 0.355 e. The predicted molar refractivity (Wildman–Crippen MR) is 113 cm³/mol. The third-order valence-corrected chi connectivity index (χ3v) is 5.82. The molecule has 7 nitrogen and oxygen atoms in total. The Morgan fingerprint density at radius 2 is 2.07 bits per heavy atom. The molecule has 1 aliphatic carbocycles. The minimum absolute atomic E-state index is 0.0966. The highest BCUT2D eigenvalue weighted by Gasteiger charge is 2.20. The van der Waals surface area contributed by atoms with E-state index in [-0.39, 0.29) is 18.0 Å². The lowest BCUT2D eigenvalue weighted by Gasteiger charge is -2.23. The summed E-state index contributed by atoms with van der Waals surface area (Å²) in [5.41, 5.74) is 2.79. The van der Waals surface area contributed by atoms with Crippen LogP contribution < -0.4 is 16.7 Å². The van der Waals surface area contributed by atoms with Crippen LogP contribution in [-0.2, 0) is 4.74 Å². The fourth-order valence-corrected chi connectivity index (χ4v) is 4.16. The third-order valence-electron chi connectivity index (χ3n) is 5.82. The SMILES string of the molecule is C[C@H](Nc1nc(=O)n(C2CCOCC2)c(=O)[nH]1)c1cccc(C2=CCCCC2)c1. The summed E-state index contributed by atoms with van der Waals surface area (Å²) < 4.78 is 6.53. The summed E-state index contributed by atoms with van der Waals surface area (Å²) >= 11 is 0. The predicted octanol–water partition coefficient (Wildman–Crippen LogP) is 3.41. The first-order valence-electron chi connectivity index (χ1n) is 10.5. The van der Waals surface area contributed by atoms with Gasteiger partial charge in [-0.2, -0.15) is 4.98 Å². The summed E-state index contributed by atoms with van der Waals surface area (Å²) in [5.74, 6) is 0.207. The highest BCUT2D eigenvalue weighted by Crippen LogP contribution is 2.28. The Balaban J connectivity index is 1.53. The Bertz CT molecular complexity index is 970. The second-order valence-electron chi connectivity index (χ2n) is 7.85. The normalized spacial score (nSPS) is 18.9. The number of aromatic nitrogens is 3. The Hall–Kier alpha value is -2.67. The largest absolute Gasteiger partial charge is 0.381 e. The van der Waals surface area contributed by atoms with Crippen LogP contribution in [0.15, 0.2) is 39.9 Å². The molecule has 0 amide bonds. The lowest BCUT2D eigenvalue weighted by atomic mass is 9.92. The summed E-state index contributed by atoms with van der Waals surface area (Å²) in [4.78, 5) is 31.8. The maximum atomic E-state index is 12.5. The van der Waals surface area contributed by atoms with Crippen LogP contribution >= 0.6 is 0 Å². The van der Waals surface area contributed by atoms with E-state index in [1.54, 1.807) is 0 Å². The standard InChI is InChI=1S/C22H28N4O3/c1-15(17-8-5-9-18(14-17)16-6-3-2-4-7-16)23-20-24-21(27)26(22(28)25-20)19-10-12-29-13-11-19/h5-6,8-9,14-15,19H,2-4,7,10-13H2,1H3,(H2,23,24,25,27,28)/t15-/m0/s1. The van der Waals surface area contributed by atoms with Crippen LogP contribution in [0, 0.1) is 0 Å². The molecular weight excluding hydrogens is 368 g/mol. The van der Waals surface area contributed by atoms with Crippen LogP contribution in [-0.4, -0.2) is 27.7 Å². The zero-order valence-corrected chi connectivity index (χ0v) is 16.8. The topological polar surface area (TPSA) is 89.0 Å². The highest BCUT2D eigenvalue weighted by molar-refractivity contribution is 5.66. The average Bonchev–Trinajstić information content (AvgIpc) is 2.75. The van der Waals surface area contributed by atoms with Gasteiger partial charge in [0, 0.05) is 19.3 Å². The first-order valence-corrected chi connectivity index (χ1v) is 10.5. The Labute approximate surface area is 169 Å². The van der Waals surface area contributed by atoms with Crippen molar-refractivity contribution in [3.05, 3.63) is 62.4 Å². The average molecular weight is 396 g/mol. The molecule has 1 aromatic heterocycles. The molecule has 154 valence electrons. The Morgan fingerprint density at radius 3 is 2.79 bits per heavy atom. The molecule has 0 saturated carbocycles. The van der Waals surface area contributed by atoms with Gasteiger partial charge in [-0.25, -0.2) is 14.2 Å². The molecule has 1 saturated heterocycles. The maximum Gasteiger partial charge on any atom is 0.355 e. The number of nitrogens with one attached hydrogen (secondary N) is 2. The molecule has 7 heteroatoms. The molecule has 0 spiro atoms. The second kappa shape index (κ2) is 8.78. The molecule has 2 aromatic rings. The lowest BCUT2D eigenvalue weighted by molar-refractivity contribution is 0.0670. The van der Waals surface area contributed by atoms with E-state index in [1.807, 2.05) is 13.0 Å². The number of nitrogens with zero attached hydrogens (tertiary/aromatic N) is 2. The summed E-state index contributed by atoms with van der Waals surface area (Å²) in [5, 5.41) is 3.18. The van der Waals surface area contributed by atoms with Crippen molar-refractivity contribution in [3.63, 3.8) is 0 Å². The summed E-state index contributed by atoms with van der Waals surface area (Å²) in [6.45, 7) is 3.11. The van der Waals surface area contributed by atoms with Crippen LogP contribution in [0.4, 0.5) is 5.95 Å². The van der Waals surface area contributed by atoms with Gasteiger partial charge < -0.3 is 10.1 Å². The van der Waals surface area contributed by atoms with Crippen molar-refractivity contribution in [1.29, 1.82) is 0 Å². The van der Waals surface area contributed by atoms with Crippen molar-refractivity contribution in [2.45, 2.75) is 57.5 Å². The van der Waals surface area contributed by atoms with E-state index in [1.165, 1.54) is 28.5 Å². The summed E-state index contributed by atoms with van der Waals surface area (Å²) in [7, 11) is 0. The number of hydrogen-bond donors (Lipinski definition) is 2. The number of rotatable bonds is 5. The van der Waals surface area contributed by atoms with Crippen molar-refractivity contribution in [2.75, 3.05) is 18.5 Å². The first kappa shape index (κ1) is 19.6. The van der Waals surface area contributed by atoms with E-state index in [2.05, 4.69) is 39.6 Å². The molecule has 0 bridgehead atoms.